The molecule has 1 aromatic carbocycles. The molecular weight excluding hydrogens is 212 g/mol. The van der Waals surface area contributed by atoms with Gasteiger partial charge in [0.25, 0.3) is 0 Å². The molecule has 17 heavy (non-hydrogen) atoms. The van der Waals surface area contributed by atoms with E-state index in [0.717, 1.165) is 38.9 Å². The molecule has 92 valence electrons. The molecule has 2 aliphatic heterocycles. The van der Waals surface area contributed by atoms with Gasteiger partial charge in [-0.25, -0.2) is 0 Å². The van der Waals surface area contributed by atoms with Crippen molar-refractivity contribution in [1.29, 1.82) is 0 Å². The Balaban J connectivity index is 1.93. The number of nitrogens with one attached hydrogen (secondary N) is 1. The Morgan fingerprint density at radius 2 is 1.88 bits per heavy atom. The predicted octanol–water partition coefficient (Wildman–Crippen LogP) is 1.38. The first-order valence-electron chi connectivity index (χ1n) is 6.54. The second-order valence-electron chi connectivity index (χ2n) is 5.15. The van der Waals surface area contributed by atoms with Crippen LogP contribution in [0, 0.1) is 0 Å². The van der Waals surface area contributed by atoms with E-state index in [0.29, 0.717) is 0 Å². The quantitative estimate of drug-likeness (QED) is 0.768. The summed E-state index contributed by atoms with van der Waals surface area (Å²) < 4.78 is 0. The molecule has 2 N–H and O–H groups in total. The summed E-state index contributed by atoms with van der Waals surface area (Å²) in [5, 5.41) is 13.8. The Morgan fingerprint density at radius 3 is 2.59 bits per heavy atom. The molecule has 0 bridgehead atoms. The molecule has 2 aliphatic rings. The van der Waals surface area contributed by atoms with Crippen molar-refractivity contribution in [3.05, 3.63) is 30.3 Å². The topological polar surface area (TPSA) is 35.5 Å². The monoisotopic (exact) mass is 232 g/mol. The highest BCUT2D eigenvalue weighted by molar-refractivity contribution is 5.51. The fraction of sp³-hybridized carbons (Fsp3) is 0.571. The van der Waals surface area contributed by atoms with E-state index >= 15 is 0 Å². The maximum Gasteiger partial charge on any atom is 0.0789 e. The molecule has 0 aromatic heterocycles. The normalized spacial score (nSPS) is 27.6. The van der Waals surface area contributed by atoms with Gasteiger partial charge in [-0.15, -0.1) is 0 Å². The Labute approximate surface area is 102 Å². The van der Waals surface area contributed by atoms with Gasteiger partial charge in [0, 0.05) is 12.2 Å². The van der Waals surface area contributed by atoms with E-state index < -0.39 is 0 Å². The van der Waals surface area contributed by atoms with Gasteiger partial charge in [0.1, 0.15) is 0 Å². The molecule has 0 radical (unpaired) electrons. The second kappa shape index (κ2) is 4.31. The fourth-order valence-electron chi connectivity index (χ4n) is 3.38. The van der Waals surface area contributed by atoms with E-state index in [-0.39, 0.29) is 11.6 Å². The van der Waals surface area contributed by atoms with Crippen LogP contribution in [0.15, 0.2) is 30.3 Å². The molecule has 0 saturated carbocycles. The molecule has 1 aromatic rings. The van der Waals surface area contributed by atoms with Crippen molar-refractivity contribution in [2.45, 2.75) is 30.9 Å². The van der Waals surface area contributed by atoms with E-state index in [4.69, 9.17) is 0 Å². The lowest BCUT2D eigenvalue weighted by atomic mass is 9.83. The zero-order chi connectivity index (χ0) is 11.7. The zero-order valence-corrected chi connectivity index (χ0v) is 10.1. The SMILES string of the molecule is OC1CCN(c2ccccc2)C12CCNCC2. The van der Waals surface area contributed by atoms with Gasteiger partial charge in [-0.1, -0.05) is 18.2 Å². The standard InChI is InChI=1S/C14H20N2O/c17-13-6-11-16(12-4-2-1-3-5-12)14(13)7-9-15-10-8-14/h1-5,13,15,17H,6-11H2. The minimum absolute atomic E-state index is 0.0212. The highest BCUT2D eigenvalue weighted by Crippen LogP contribution is 2.40. The van der Waals surface area contributed by atoms with Crippen LogP contribution in [0.4, 0.5) is 5.69 Å². The van der Waals surface area contributed by atoms with E-state index in [1.54, 1.807) is 0 Å². The van der Waals surface area contributed by atoms with Crippen molar-refractivity contribution in [2.75, 3.05) is 24.5 Å². The lowest BCUT2D eigenvalue weighted by Gasteiger charge is -2.45. The number of rotatable bonds is 1. The van der Waals surface area contributed by atoms with Crippen LogP contribution in [0.5, 0.6) is 0 Å². The van der Waals surface area contributed by atoms with Crippen molar-refractivity contribution in [2.24, 2.45) is 0 Å². The molecule has 3 nitrogen and oxygen atoms in total. The van der Waals surface area contributed by atoms with Crippen LogP contribution in [0.25, 0.3) is 0 Å². The number of anilines is 1. The Bertz CT molecular complexity index is 373. The number of piperidine rings is 1. The molecule has 1 unspecified atom stereocenters. The molecule has 3 rings (SSSR count). The van der Waals surface area contributed by atoms with Crippen LogP contribution < -0.4 is 10.2 Å². The first-order valence-corrected chi connectivity index (χ1v) is 6.54. The minimum Gasteiger partial charge on any atom is -0.391 e. The van der Waals surface area contributed by atoms with E-state index in [1.165, 1.54) is 5.69 Å². The number of hydrogen-bond donors (Lipinski definition) is 2. The summed E-state index contributed by atoms with van der Waals surface area (Å²) in [7, 11) is 0. The number of aliphatic hydroxyl groups is 1. The average molecular weight is 232 g/mol. The Hall–Kier alpha value is -1.06. The van der Waals surface area contributed by atoms with E-state index in [2.05, 4.69) is 34.5 Å². The maximum atomic E-state index is 10.4. The van der Waals surface area contributed by atoms with Crippen LogP contribution in [-0.2, 0) is 0 Å². The summed E-state index contributed by atoms with van der Waals surface area (Å²) in [5.74, 6) is 0. The Morgan fingerprint density at radius 1 is 1.18 bits per heavy atom. The molecule has 0 amide bonds. The van der Waals surface area contributed by atoms with Crippen LogP contribution >= 0.6 is 0 Å². The highest BCUT2D eigenvalue weighted by atomic mass is 16.3. The number of nitrogens with zero attached hydrogens (tertiary/aromatic N) is 1. The van der Waals surface area contributed by atoms with Crippen molar-refractivity contribution in [3.8, 4) is 0 Å². The van der Waals surface area contributed by atoms with Gasteiger partial charge in [0.15, 0.2) is 0 Å². The summed E-state index contributed by atoms with van der Waals surface area (Å²) >= 11 is 0. The largest absolute Gasteiger partial charge is 0.391 e. The van der Waals surface area contributed by atoms with Crippen molar-refractivity contribution < 1.29 is 5.11 Å². The van der Waals surface area contributed by atoms with Gasteiger partial charge in [0.2, 0.25) is 0 Å². The second-order valence-corrected chi connectivity index (χ2v) is 5.15. The summed E-state index contributed by atoms with van der Waals surface area (Å²) in [5.41, 5.74) is 1.23. The van der Waals surface area contributed by atoms with Crippen molar-refractivity contribution in [1.82, 2.24) is 5.32 Å². The molecule has 2 heterocycles. The van der Waals surface area contributed by atoms with Gasteiger partial charge in [-0.3, -0.25) is 0 Å². The first kappa shape index (κ1) is 11.1. The van der Waals surface area contributed by atoms with E-state index in [1.807, 2.05) is 6.07 Å². The Kier molecular flexibility index (Phi) is 2.81. The van der Waals surface area contributed by atoms with Crippen LogP contribution in [-0.4, -0.2) is 36.4 Å². The van der Waals surface area contributed by atoms with Gasteiger partial charge < -0.3 is 15.3 Å². The third-order valence-corrected chi connectivity index (χ3v) is 4.32. The van der Waals surface area contributed by atoms with Crippen LogP contribution in [0.1, 0.15) is 19.3 Å². The van der Waals surface area contributed by atoms with Gasteiger partial charge in [-0.2, -0.15) is 0 Å². The van der Waals surface area contributed by atoms with Crippen molar-refractivity contribution >= 4 is 5.69 Å². The van der Waals surface area contributed by atoms with Crippen LogP contribution in [0.2, 0.25) is 0 Å². The number of aliphatic hydroxyl groups excluding tert-OH is 1. The number of benzene rings is 1. The number of para-hydroxylation sites is 1. The molecule has 1 atom stereocenters. The first-order chi connectivity index (χ1) is 8.33. The molecule has 1 spiro atoms. The third kappa shape index (κ3) is 1.74. The number of hydrogen-bond acceptors (Lipinski definition) is 3. The molecular formula is C14H20N2O. The zero-order valence-electron chi connectivity index (χ0n) is 10.1. The van der Waals surface area contributed by atoms with Crippen molar-refractivity contribution in [3.63, 3.8) is 0 Å². The predicted molar refractivity (Wildman–Crippen MR) is 69.2 cm³/mol. The minimum atomic E-state index is -0.176. The summed E-state index contributed by atoms with van der Waals surface area (Å²) in [6.45, 7) is 3.01. The maximum absolute atomic E-state index is 10.4. The summed E-state index contributed by atoms with van der Waals surface area (Å²) in [6, 6.07) is 10.5. The van der Waals surface area contributed by atoms with E-state index in [9.17, 15) is 5.11 Å². The highest BCUT2D eigenvalue weighted by Gasteiger charge is 2.48. The van der Waals surface area contributed by atoms with Crippen LogP contribution in [0.3, 0.4) is 0 Å². The smallest absolute Gasteiger partial charge is 0.0789 e. The fourth-order valence-corrected chi connectivity index (χ4v) is 3.38. The molecule has 2 fully saturated rings. The lowest BCUT2D eigenvalue weighted by molar-refractivity contribution is 0.0871. The van der Waals surface area contributed by atoms with Gasteiger partial charge in [0.05, 0.1) is 11.6 Å². The molecule has 0 aliphatic carbocycles. The molecule has 3 heteroatoms. The van der Waals surface area contributed by atoms with Gasteiger partial charge in [-0.05, 0) is 44.5 Å². The average Bonchev–Trinajstić information content (AvgIpc) is 2.69. The lowest BCUT2D eigenvalue weighted by Crippen LogP contribution is -2.56. The summed E-state index contributed by atoms with van der Waals surface area (Å²) in [6.07, 6.45) is 2.81. The third-order valence-electron chi connectivity index (χ3n) is 4.32. The van der Waals surface area contributed by atoms with Gasteiger partial charge >= 0.3 is 0 Å². The summed E-state index contributed by atoms with van der Waals surface area (Å²) in [4.78, 5) is 2.43. The molecule has 2 saturated heterocycles.